The van der Waals surface area contributed by atoms with Gasteiger partial charge in [0, 0.05) is 36.1 Å². The van der Waals surface area contributed by atoms with E-state index in [-0.39, 0.29) is 0 Å². The van der Waals surface area contributed by atoms with Gasteiger partial charge in [-0.3, -0.25) is 0 Å². The van der Waals surface area contributed by atoms with Gasteiger partial charge in [-0.1, -0.05) is 0 Å². The third-order valence-electron chi connectivity index (χ3n) is 3.88. The summed E-state index contributed by atoms with van der Waals surface area (Å²) in [6, 6.07) is 6.15. The van der Waals surface area contributed by atoms with Gasteiger partial charge in [-0.25, -0.2) is 0 Å². The molecule has 1 N–H and O–H groups in total. The third-order valence-corrected chi connectivity index (χ3v) is 3.88. The molecule has 0 aliphatic heterocycles. The molecule has 3 rings (SSSR count). The van der Waals surface area contributed by atoms with Crippen molar-refractivity contribution in [2.45, 2.75) is 31.6 Å². The lowest BCUT2D eigenvalue weighted by atomic mass is 10.1. The number of hydrogen-bond acceptors (Lipinski definition) is 2. The van der Waals surface area contributed by atoms with Gasteiger partial charge >= 0.3 is 6.18 Å². The molecule has 2 aromatic rings. The Morgan fingerprint density at radius 2 is 2.10 bits per heavy atom. The minimum Gasteiger partial charge on any atom is -0.335 e. The Hall–Kier alpha value is -2.00. The van der Waals surface area contributed by atoms with Crippen molar-refractivity contribution in [2.75, 3.05) is 0 Å². The van der Waals surface area contributed by atoms with E-state index in [9.17, 15) is 18.4 Å². The Balaban J connectivity index is 2.13. The van der Waals surface area contributed by atoms with E-state index < -0.39 is 11.7 Å². The van der Waals surface area contributed by atoms with Gasteiger partial charge in [-0.15, -0.1) is 0 Å². The van der Waals surface area contributed by atoms with E-state index in [2.05, 4.69) is 11.4 Å². The minimum absolute atomic E-state index is 0.414. The van der Waals surface area contributed by atoms with E-state index in [0.717, 1.165) is 25.0 Å². The Morgan fingerprint density at radius 1 is 1.38 bits per heavy atom. The molecule has 1 aromatic heterocycles. The largest absolute Gasteiger partial charge is 0.416 e. The fourth-order valence-corrected chi connectivity index (χ4v) is 2.55. The fourth-order valence-electron chi connectivity index (χ4n) is 2.55. The number of aromatic nitrogens is 1. The van der Waals surface area contributed by atoms with Crippen molar-refractivity contribution in [1.82, 2.24) is 9.88 Å². The average molecular weight is 293 g/mol. The fraction of sp³-hybridized carbons (Fsp3) is 0.400. The first-order valence-electron chi connectivity index (χ1n) is 6.74. The maximum Gasteiger partial charge on any atom is 0.416 e. The SMILES string of the molecule is Cn1c(C#N)c(CNC2CC2)c2cc(C(F)(F)F)ccc21. The summed E-state index contributed by atoms with van der Waals surface area (Å²) in [6.07, 6.45) is -2.21. The monoisotopic (exact) mass is 293 g/mol. The number of halogens is 3. The van der Waals surface area contributed by atoms with Crippen LogP contribution in [-0.2, 0) is 19.8 Å². The van der Waals surface area contributed by atoms with Crippen LogP contribution in [0.4, 0.5) is 13.2 Å². The summed E-state index contributed by atoms with van der Waals surface area (Å²) in [6.45, 7) is 0.423. The first kappa shape index (κ1) is 14.0. The molecule has 3 nitrogen and oxygen atoms in total. The first-order valence-corrected chi connectivity index (χ1v) is 6.74. The smallest absolute Gasteiger partial charge is 0.335 e. The second-order valence-electron chi connectivity index (χ2n) is 5.38. The molecular formula is C15H14F3N3. The van der Waals surface area contributed by atoms with Crippen molar-refractivity contribution in [3.05, 3.63) is 35.0 Å². The number of aryl methyl sites for hydroxylation is 1. The maximum atomic E-state index is 12.9. The zero-order valence-corrected chi connectivity index (χ0v) is 11.5. The highest BCUT2D eigenvalue weighted by Gasteiger charge is 2.31. The molecule has 0 atom stereocenters. The van der Waals surface area contributed by atoms with Gasteiger partial charge in [0.15, 0.2) is 0 Å². The van der Waals surface area contributed by atoms with Crippen LogP contribution in [0.1, 0.15) is 29.7 Å². The molecule has 1 heterocycles. The predicted molar refractivity (Wildman–Crippen MR) is 72.5 cm³/mol. The van der Waals surface area contributed by atoms with Crippen molar-refractivity contribution >= 4 is 10.9 Å². The summed E-state index contributed by atoms with van der Waals surface area (Å²) in [5.74, 6) is 0. The molecule has 6 heteroatoms. The highest BCUT2D eigenvalue weighted by atomic mass is 19.4. The van der Waals surface area contributed by atoms with Gasteiger partial charge in [0.1, 0.15) is 11.8 Å². The van der Waals surface area contributed by atoms with Crippen LogP contribution in [0.25, 0.3) is 10.9 Å². The van der Waals surface area contributed by atoms with Crippen LogP contribution in [0.5, 0.6) is 0 Å². The number of benzene rings is 1. The molecule has 1 fully saturated rings. The standard InChI is InChI=1S/C15H14F3N3/c1-21-13-5-2-9(15(16,17)18)6-11(13)12(14(21)7-19)8-20-10-3-4-10/h2,5-6,10,20H,3-4,8H2,1H3. The molecule has 0 amide bonds. The van der Waals surface area contributed by atoms with Gasteiger partial charge in [0.25, 0.3) is 0 Å². The van der Waals surface area contributed by atoms with Gasteiger partial charge in [-0.2, -0.15) is 18.4 Å². The van der Waals surface area contributed by atoms with Crippen molar-refractivity contribution < 1.29 is 13.2 Å². The number of nitrogens with zero attached hydrogens (tertiary/aromatic N) is 2. The van der Waals surface area contributed by atoms with Gasteiger partial charge < -0.3 is 9.88 Å². The second kappa shape index (κ2) is 4.78. The second-order valence-corrected chi connectivity index (χ2v) is 5.38. The summed E-state index contributed by atoms with van der Waals surface area (Å²) in [5.41, 5.74) is 1.02. The zero-order chi connectivity index (χ0) is 15.2. The van der Waals surface area contributed by atoms with E-state index in [1.165, 1.54) is 6.07 Å². The van der Waals surface area contributed by atoms with Gasteiger partial charge in [-0.05, 0) is 31.0 Å². The lowest BCUT2D eigenvalue weighted by Crippen LogP contribution is -2.16. The number of nitriles is 1. The summed E-state index contributed by atoms with van der Waals surface area (Å²) in [7, 11) is 1.70. The lowest BCUT2D eigenvalue weighted by Gasteiger charge is -2.07. The Bertz CT molecular complexity index is 733. The van der Waals surface area contributed by atoms with E-state index in [0.29, 0.717) is 34.7 Å². The van der Waals surface area contributed by atoms with Crippen molar-refractivity contribution in [3.63, 3.8) is 0 Å². The van der Waals surface area contributed by atoms with Crippen LogP contribution in [0, 0.1) is 11.3 Å². The third kappa shape index (κ3) is 2.49. The molecule has 0 radical (unpaired) electrons. The predicted octanol–water partition coefficient (Wildman–Crippen LogP) is 3.32. The number of rotatable bonds is 3. The van der Waals surface area contributed by atoms with E-state index in [1.54, 1.807) is 11.6 Å². The summed E-state index contributed by atoms with van der Waals surface area (Å²) < 4.78 is 40.3. The topological polar surface area (TPSA) is 40.8 Å². The first-order chi connectivity index (χ1) is 9.91. The van der Waals surface area contributed by atoms with Crippen LogP contribution >= 0.6 is 0 Å². The number of fused-ring (bicyclic) bond motifs is 1. The number of hydrogen-bond donors (Lipinski definition) is 1. The molecular weight excluding hydrogens is 279 g/mol. The Kier molecular flexibility index (Phi) is 3.18. The summed E-state index contributed by atoms with van der Waals surface area (Å²) in [5, 5.41) is 13.1. The summed E-state index contributed by atoms with van der Waals surface area (Å²) in [4.78, 5) is 0. The van der Waals surface area contributed by atoms with Crippen LogP contribution in [0.15, 0.2) is 18.2 Å². The molecule has 0 spiro atoms. The van der Waals surface area contributed by atoms with Gasteiger partial charge in [0.05, 0.1) is 5.56 Å². The molecule has 1 aliphatic carbocycles. The normalized spacial score (nSPS) is 15.4. The highest BCUT2D eigenvalue weighted by molar-refractivity contribution is 5.87. The molecule has 0 unspecified atom stereocenters. The minimum atomic E-state index is -4.38. The molecule has 1 saturated carbocycles. The quantitative estimate of drug-likeness (QED) is 0.943. The maximum absolute atomic E-state index is 12.9. The zero-order valence-electron chi connectivity index (χ0n) is 11.5. The molecule has 1 aromatic carbocycles. The average Bonchev–Trinajstić information content (AvgIpc) is 3.21. The van der Waals surface area contributed by atoms with E-state index in [1.807, 2.05) is 0 Å². The van der Waals surface area contributed by atoms with Crippen LogP contribution in [0.3, 0.4) is 0 Å². The Morgan fingerprint density at radius 3 is 2.67 bits per heavy atom. The molecule has 0 saturated heterocycles. The molecule has 21 heavy (non-hydrogen) atoms. The van der Waals surface area contributed by atoms with Crippen LogP contribution in [-0.4, -0.2) is 10.6 Å². The van der Waals surface area contributed by atoms with Crippen LogP contribution in [0.2, 0.25) is 0 Å². The Labute approximate surface area is 120 Å². The molecule has 1 aliphatic rings. The molecule has 0 bridgehead atoms. The van der Waals surface area contributed by atoms with Crippen molar-refractivity contribution in [1.29, 1.82) is 5.26 Å². The van der Waals surface area contributed by atoms with E-state index in [4.69, 9.17) is 0 Å². The number of nitrogens with one attached hydrogen (secondary N) is 1. The van der Waals surface area contributed by atoms with Crippen LogP contribution < -0.4 is 5.32 Å². The van der Waals surface area contributed by atoms with Crippen molar-refractivity contribution in [2.24, 2.45) is 7.05 Å². The number of alkyl halides is 3. The lowest BCUT2D eigenvalue weighted by molar-refractivity contribution is -0.137. The van der Waals surface area contributed by atoms with Gasteiger partial charge in [0.2, 0.25) is 0 Å². The van der Waals surface area contributed by atoms with Crippen molar-refractivity contribution in [3.8, 4) is 6.07 Å². The van der Waals surface area contributed by atoms with E-state index >= 15 is 0 Å². The molecule has 110 valence electrons. The highest BCUT2D eigenvalue weighted by Crippen LogP contribution is 2.34. The summed E-state index contributed by atoms with van der Waals surface area (Å²) >= 11 is 0.